The molecule has 2 fully saturated rings. The molecule has 47 heavy (non-hydrogen) atoms. The number of pyridine rings is 1. The van der Waals surface area contributed by atoms with E-state index in [1.54, 1.807) is 0 Å². The average molecular weight is 641 g/mol. The van der Waals surface area contributed by atoms with Gasteiger partial charge in [-0.3, -0.25) is 4.98 Å². The highest BCUT2D eigenvalue weighted by Gasteiger charge is 2.36. The number of nitrogens with zero attached hydrogens (tertiary/aromatic N) is 1. The normalized spacial score (nSPS) is 21.5. The molecule has 8 nitrogen and oxygen atoms in total. The van der Waals surface area contributed by atoms with Gasteiger partial charge >= 0.3 is 0 Å². The maximum atomic E-state index is 6.63. The van der Waals surface area contributed by atoms with E-state index in [2.05, 4.69) is 71.0 Å². The van der Waals surface area contributed by atoms with Crippen LogP contribution in [-0.4, -0.2) is 69.6 Å². The smallest absolute Gasteiger partial charge is 0.157 e. The zero-order valence-electron chi connectivity index (χ0n) is 27.3. The van der Waals surface area contributed by atoms with Crippen LogP contribution in [0.3, 0.4) is 0 Å². The molecule has 8 heteroatoms. The Morgan fingerprint density at radius 3 is 2.40 bits per heavy atom. The summed E-state index contributed by atoms with van der Waals surface area (Å²) in [7, 11) is 0. The fraction of sp³-hybridized carbons (Fsp3) is 0.462. The highest BCUT2D eigenvalue weighted by molar-refractivity contribution is 5.78. The van der Waals surface area contributed by atoms with Crippen molar-refractivity contribution in [3.8, 4) is 5.75 Å². The van der Waals surface area contributed by atoms with Crippen LogP contribution in [0.15, 0.2) is 91.1 Å². The average Bonchev–Trinajstić information content (AvgIpc) is 3.13. The summed E-state index contributed by atoms with van der Waals surface area (Å²) in [6, 6.07) is 29.1. The number of piperidine rings is 1. The largest absolute Gasteiger partial charge is 0.494 e. The Morgan fingerprint density at radius 1 is 0.723 bits per heavy atom. The highest BCUT2D eigenvalue weighted by atomic mass is 16.7. The summed E-state index contributed by atoms with van der Waals surface area (Å²) in [5, 5.41) is 4.69. The molecule has 4 atom stereocenters. The molecule has 0 spiro atoms. The van der Waals surface area contributed by atoms with Crippen molar-refractivity contribution in [1.29, 1.82) is 0 Å². The lowest BCUT2D eigenvalue weighted by atomic mass is 9.85. The molecule has 0 bridgehead atoms. The molecule has 6 rings (SSSR count). The summed E-state index contributed by atoms with van der Waals surface area (Å²) < 4.78 is 36.7. The van der Waals surface area contributed by atoms with Gasteiger partial charge in [0.1, 0.15) is 5.75 Å². The van der Waals surface area contributed by atoms with Crippen molar-refractivity contribution in [3.63, 3.8) is 0 Å². The molecular weight excluding hydrogens is 592 g/mol. The molecule has 4 aromatic rings. The summed E-state index contributed by atoms with van der Waals surface area (Å²) in [4.78, 5) is 4.52. The van der Waals surface area contributed by atoms with E-state index in [0.29, 0.717) is 39.6 Å². The third-order valence-corrected chi connectivity index (χ3v) is 8.77. The van der Waals surface area contributed by atoms with Gasteiger partial charge in [0.25, 0.3) is 0 Å². The van der Waals surface area contributed by atoms with Gasteiger partial charge in [-0.1, -0.05) is 60.7 Å². The van der Waals surface area contributed by atoms with E-state index in [4.69, 9.17) is 28.4 Å². The van der Waals surface area contributed by atoms with Gasteiger partial charge < -0.3 is 33.7 Å². The molecule has 2 aliphatic rings. The van der Waals surface area contributed by atoms with Crippen LogP contribution in [0.2, 0.25) is 0 Å². The molecule has 0 amide bonds. The standard InChI is InChI=1S/C39H48N2O6/c1-2-9-30(10-3-1)28-42-20-7-22-43-34-17-15-33(16-18-34)39-36(44-23-8-24-46-38-12-4-5-21-45-38)26-40-27-37(39)47-29-31-13-14-32-11-6-19-41-35(32)25-31/h1-3,6,9-11,13-19,25,36-40H,4-5,7-8,12,20-24,26-29H2. The van der Waals surface area contributed by atoms with Crippen molar-refractivity contribution in [1.82, 2.24) is 10.3 Å². The number of aromatic nitrogens is 1. The molecule has 3 aromatic carbocycles. The fourth-order valence-corrected chi connectivity index (χ4v) is 6.27. The van der Waals surface area contributed by atoms with E-state index in [-0.39, 0.29) is 24.4 Å². The lowest BCUT2D eigenvalue weighted by Gasteiger charge is -2.39. The summed E-state index contributed by atoms with van der Waals surface area (Å²) in [5.74, 6) is 0.921. The molecule has 0 radical (unpaired) electrons. The van der Waals surface area contributed by atoms with Crippen LogP contribution in [0, 0.1) is 0 Å². The monoisotopic (exact) mass is 640 g/mol. The third kappa shape index (κ3) is 10.3. The topological polar surface area (TPSA) is 80.3 Å². The van der Waals surface area contributed by atoms with Gasteiger partial charge in [-0.05, 0) is 66.6 Å². The van der Waals surface area contributed by atoms with E-state index in [0.717, 1.165) is 67.6 Å². The van der Waals surface area contributed by atoms with Crippen LogP contribution < -0.4 is 10.1 Å². The van der Waals surface area contributed by atoms with Crippen molar-refractivity contribution < 1.29 is 28.4 Å². The van der Waals surface area contributed by atoms with Crippen LogP contribution in [-0.2, 0) is 36.9 Å². The molecule has 0 aliphatic carbocycles. The Labute approximate surface area is 278 Å². The minimum Gasteiger partial charge on any atom is -0.494 e. The SMILES string of the molecule is c1ccc(COCCCOc2ccc(C3C(OCCCOC4CCCCO4)CNCC3OCc3ccc4cccnc4c3)cc2)cc1. The number of hydrogen-bond acceptors (Lipinski definition) is 8. The van der Waals surface area contributed by atoms with Crippen LogP contribution in [0.25, 0.3) is 10.9 Å². The lowest BCUT2D eigenvalue weighted by Crippen LogP contribution is -2.50. The van der Waals surface area contributed by atoms with Crippen LogP contribution in [0.1, 0.15) is 54.7 Å². The maximum absolute atomic E-state index is 6.63. The Hall–Kier alpha value is -3.37. The van der Waals surface area contributed by atoms with Crippen molar-refractivity contribution in [3.05, 3.63) is 108 Å². The fourth-order valence-electron chi connectivity index (χ4n) is 6.27. The summed E-state index contributed by atoms with van der Waals surface area (Å²) in [5.41, 5.74) is 4.46. The molecule has 0 saturated carbocycles. The van der Waals surface area contributed by atoms with E-state index in [9.17, 15) is 0 Å². The third-order valence-electron chi connectivity index (χ3n) is 8.77. The van der Waals surface area contributed by atoms with Gasteiger partial charge in [0, 0.05) is 50.2 Å². The van der Waals surface area contributed by atoms with Crippen molar-refractivity contribution >= 4 is 10.9 Å². The first-order valence-electron chi connectivity index (χ1n) is 17.2. The Morgan fingerprint density at radius 2 is 1.55 bits per heavy atom. The second kappa shape index (κ2) is 18.2. The van der Waals surface area contributed by atoms with E-state index in [1.165, 1.54) is 17.5 Å². The first-order chi connectivity index (χ1) is 23.3. The van der Waals surface area contributed by atoms with Crippen molar-refractivity contribution in [2.24, 2.45) is 0 Å². The predicted octanol–water partition coefficient (Wildman–Crippen LogP) is 6.81. The Balaban J connectivity index is 1.04. The summed E-state index contributed by atoms with van der Waals surface area (Å²) >= 11 is 0. The summed E-state index contributed by atoms with van der Waals surface area (Å²) in [6.45, 7) is 5.95. The molecule has 4 unspecified atom stereocenters. The molecule has 2 saturated heterocycles. The first kappa shape index (κ1) is 33.5. The Bertz CT molecular complexity index is 1460. The first-order valence-corrected chi connectivity index (χ1v) is 17.2. The van der Waals surface area contributed by atoms with Gasteiger partial charge in [-0.15, -0.1) is 0 Å². The van der Waals surface area contributed by atoms with Crippen LogP contribution >= 0.6 is 0 Å². The number of rotatable bonds is 17. The predicted molar refractivity (Wildman–Crippen MR) is 182 cm³/mol. The minimum absolute atomic E-state index is 0.0357. The molecular formula is C39H48N2O6. The second-order valence-corrected chi connectivity index (χ2v) is 12.3. The van der Waals surface area contributed by atoms with Crippen molar-refractivity contribution in [2.75, 3.05) is 46.1 Å². The maximum Gasteiger partial charge on any atom is 0.157 e. The van der Waals surface area contributed by atoms with Gasteiger partial charge in [-0.2, -0.15) is 0 Å². The summed E-state index contributed by atoms with van der Waals surface area (Å²) in [6.07, 6.45) is 6.58. The molecule has 1 aromatic heterocycles. The van der Waals surface area contributed by atoms with Crippen LogP contribution in [0.5, 0.6) is 5.75 Å². The van der Waals surface area contributed by atoms with Gasteiger partial charge in [0.2, 0.25) is 0 Å². The molecule has 3 heterocycles. The van der Waals surface area contributed by atoms with Gasteiger partial charge in [0.05, 0.1) is 50.8 Å². The molecule has 1 N–H and O–H groups in total. The van der Waals surface area contributed by atoms with E-state index < -0.39 is 0 Å². The second-order valence-electron chi connectivity index (χ2n) is 12.3. The zero-order valence-corrected chi connectivity index (χ0v) is 27.3. The number of benzene rings is 3. The highest BCUT2D eigenvalue weighted by Crippen LogP contribution is 2.32. The Kier molecular flexibility index (Phi) is 13.0. The van der Waals surface area contributed by atoms with E-state index in [1.807, 2.05) is 30.5 Å². The number of ether oxygens (including phenoxy) is 6. The zero-order chi connectivity index (χ0) is 31.9. The number of hydrogen-bond donors (Lipinski definition) is 1. The number of fused-ring (bicyclic) bond motifs is 1. The molecule has 250 valence electrons. The quantitative estimate of drug-likeness (QED) is 0.126. The number of nitrogens with one attached hydrogen (secondary N) is 1. The van der Waals surface area contributed by atoms with Crippen molar-refractivity contribution in [2.45, 2.75) is 69.7 Å². The lowest BCUT2D eigenvalue weighted by molar-refractivity contribution is -0.165. The minimum atomic E-state index is -0.0709. The van der Waals surface area contributed by atoms with Crippen LogP contribution in [0.4, 0.5) is 0 Å². The van der Waals surface area contributed by atoms with Gasteiger partial charge in [0.15, 0.2) is 6.29 Å². The molecule has 2 aliphatic heterocycles. The van der Waals surface area contributed by atoms with E-state index >= 15 is 0 Å². The van der Waals surface area contributed by atoms with Gasteiger partial charge in [-0.25, -0.2) is 0 Å².